The molecule has 0 saturated heterocycles. The molecule has 0 amide bonds. The number of carbonyl (C=O) groups excluding carboxylic acids is 1. The van der Waals surface area contributed by atoms with Crippen LogP contribution < -0.4 is 5.32 Å². The molecule has 0 aromatic heterocycles. The Morgan fingerprint density at radius 1 is 1.25 bits per heavy atom. The first kappa shape index (κ1) is 15.0. The Morgan fingerprint density at radius 3 is 2.70 bits per heavy atom. The number of ether oxygens (including phenoxy) is 2. The molecule has 1 aromatic carbocycles. The van der Waals surface area contributed by atoms with Gasteiger partial charge in [0.1, 0.15) is 0 Å². The van der Waals surface area contributed by atoms with Crippen molar-refractivity contribution in [2.24, 2.45) is 0 Å². The lowest BCUT2D eigenvalue weighted by Gasteiger charge is -2.20. The van der Waals surface area contributed by atoms with E-state index in [1.165, 1.54) is 13.5 Å². The van der Waals surface area contributed by atoms with E-state index in [1.54, 1.807) is 7.11 Å². The van der Waals surface area contributed by atoms with Crippen LogP contribution in [-0.4, -0.2) is 32.3 Å². The van der Waals surface area contributed by atoms with Crippen molar-refractivity contribution >= 4 is 5.97 Å². The number of nitrogens with one attached hydrogen (secondary N) is 1. The number of hydrogen-bond acceptors (Lipinski definition) is 4. The van der Waals surface area contributed by atoms with Crippen LogP contribution in [0.25, 0.3) is 0 Å². The van der Waals surface area contributed by atoms with Crippen LogP contribution in [0.15, 0.2) is 24.3 Å². The summed E-state index contributed by atoms with van der Waals surface area (Å²) >= 11 is 0. The molecule has 2 rings (SSSR count). The number of rotatable bonds is 6. The van der Waals surface area contributed by atoms with Gasteiger partial charge in [-0.1, -0.05) is 24.3 Å². The molecule has 1 aromatic rings. The minimum absolute atomic E-state index is 0.201. The number of esters is 1. The van der Waals surface area contributed by atoms with E-state index in [9.17, 15) is 4.79 Å². The number of hydrogen-bond donors (Lipinski definition) is 1. The van der Waals surface area contributed by atoms with E-state index < -0.39 is 0 Å². The fourth-order valence-corrected chi connectivity index (χ4v) is 2.81. The molecular weight excluding hydrogens is 254 g/mol. The van der Waals surface area contributed by atoms with E-state index in [0.717, 1.165) is 30.5 Å². The zero-order chi connectivity index (χ0) is 14.4. The van der Waals surface area contributed by atoms with Gasteiger partial charge in [-0.2, -0.15) is 0 Å². The van der Waals surface area contributed by atoms with Crippen molar-refractivity contribution in [2.75, 3.05) is 14.2 Å². The van der Waals surface area contributed by atoms with Crippen molar-refractivity contribution < 1.29 is 14.3 Å². The molecule has 1 N–H and O–H groups in total. The largest absolute Gasteiger partial charge is 0.469 e. The van der Waals surface area contributed by atoms with Gasteiger partial charge in [0.05, 0.1) is 19.6 Å². The molecule has 0 aliphatic heterocycles. The van der Waals surface area contributed by atoms with Crippen LogP contribution in [0.1, 0.15) is 30.4 Å². The maximum atomic E-state index is 11.4. The van der Waals surface area contributed by atoms with Crippen molar-refractivity contribution in [3.63, 3.8) is 0 Å². The zero-order valence-electron chi connectivity index (χ0n) is 12.2. The second kappa shape index (κ2) is 7.41. The molecule has 0 radical (unpaired) electrons. The summed E-state index contributed by atoms with van der Waals surface area (Å²) in [6, 6.07) is 8.40. The lowest BCUT2D eigenvalue weighted by molar-refractivity contribution is -0.139. The van der Waals surface area contributed by atoms with Crippen LogP contribution >= 0.6 is 0 Å². The predicted octanol–water partition coefficient (Wildman–Crippen LogP) is 2.06. The van der Waals surface area contributed by atoms with Gasteiger partial charge >= 0.3 is 5.97 Å². The predicted molar refractivity (Wildman–Crippen MR) is 77.4 cm³/mol. The Morgan fingerprint density at radius 2 is 2.00 bits per heavy atom. The topological polar surface area (TPSA) is 47.6 Å². The summed E-state index contributed by atoms with van der Waals surface area (Å²) in [6.45, 7) is 0.762. The highest BCUT2D eigenvalue weighted by Crippen LogP contribution is 2.22. The van der Waals surface area contributed by atoms with Gasteiger partial charge in [0.15, 0.2) is 0 Å². The molecule has 4 nitrogen and oxygen atoms in total. The Balaban J connectivity index is 1.96. The van der Waals surface area contributed by atoms with Crippen LogP contribution in [0.3, 0.4) is 0 Å². The maximum Gasteiger partial charge on any atom is 0.309 e. The first-order valence-electron chi connectivity index (χ1n) is 7.14. The van der Waals surface area contributed by atoms with Crippen molar-refractivity contribution in [1.29, 1.82) is 0 Å². The number of methoxy groups -OCH3 is 2. The van der Waals surface area contributed by atoms with Crippen LogP contribution in [0.4, 0.5) is 0 Å². The van der Waals surface area contributed by atoms with Gasteiger partial charge in [0.2, 0.25) is 0 Å². The van der Waals surface area contributed by atoms with Crippen LogP contribution in [0.5, 0.6) is 0 Å². The molecule has 4 heteroatoms. The van der Waals surface area contributed by atoms with Gasteiger partial charge < -0.3 is 14.8 Å². The highest BCUT2D eigenvalue weighted by Gasteiger charge is 2.26. The Bertz CT molecular complexity index is 447. The smallest absolute Gasteiger partial charge is 0.309 e. The first-order valence-corrected chi connectivity index (χ1v) is 7.14. The Labute approximate surface area is 120 Å². The second-order valence-electron chi connectivity index (χ2n) is 5.21. The van der Waals surface area contributed by atoms with Gasteiger partial charge in [0.25, 0.3) is 0 Å². The standard InChI is InChI=1S/C16H23NO3/c1-19-15-9-5-8-14(15)17-11-13-7-4-3-6-12(13)10-16(18)20-2/h3-4,6-7,14-15,17H,5,8-11H2,1-2H3. The molecule has 20 heavy (non-hydrogen) atoms. The highest BCUT2D eigenvalue weighted by atomic mass is 16.5. The molecule has 110 valence electrons. The Kier molecular flexibility index (Phi) is 5.56. The molecule has 1 saturated carbocycles. The van der Waals surface area contributed by atoms with Crippen LogP contribution in [-0.2, 0) is 27.2 Å². The van der Waals surface area contributed by atoms with Crippen molar-refractivity contribution in [3.05, 3.63) is 35.4 Å². The van der Waals surface area contributed by atoms with Crippen molar-refractivity contribution in [1.82, 2.24) is 5.32 Å². The second-order valence-corrected chi connectivity index (χ2v) is 5.21. The summed E-state index contributed by atoms with van der Waals surface area (Å²) < 4.78 is 10.2. The lowest BCUT2D eigenvalue weighted by Crippen LogP contribution is -2.36. The van der Waals surface area contributed by atoms with Gasteiger partial charge in [0, 0.05) is 19.7 Å². The minimum Gasteiger partial charge on any atom is -0.469 e. The molecule has 0 bridgehead atoms. The average Bonchev–Trinajstić information content (AvgIpc) is 2.93. The van der Waals surface area contributed by atoms with E-state index in [-0.39, 0.29) is 5.97 Å². The highest BCUT2D eigenvalue weighted by molar-refractivity contribution is 5.72. The van der Waals surface area contributed by atoms with Crippen LogP contribution in [0.2, 0.25) is 0 Å². The van der Waals surface area contributed by atoms with E-state index >= 15 is 0 Å². The van der Waals surface area contributed by atoms with Gasteiger partial charge in [-0.15, -0.1) is 0 Å². The normalized spacial score (nSPS) is 21.9. The summed E-state index contributed by atoms with van der Waals surface area (Å²) in [5.41, 5.74) is 2.18. The quantitative estimate of drug-likeness (QED) is 0.809. The van der Waals surface area contributed by atoms with Crippen LogP contribution in [0, 0.1) is 0 Å². The molecule has 0 spiro atoms. The fraction of sp³-hybridized carbons (Fsp3) is 0.562. The summed E-state index contributed by atoms with van der Waals surface area (Å²) in [6.07, 6.45) is 4.12. The third kappa shape index (κ3) is 3.81. The van der Waals surface area contributed by atoms with E-state index in [2.05, 4.69) is 11.4 Å². The zero-order valence-corrected chi connectivity index (χ0v) is 12.2. The van der Waals surface area contributed by atoms with Crippen molar-refractivity contribution in [2.45, 2.75) is 44.4 Å². The lowest BCUT2D eigenvalue weighted by atomic mass is 10.0. The third-order valence-corrected chi connectivity index (χ3v) is 3.99. The van der Waals surface area contributed by atoms with Gasteiger partial charge in [-0.05, 0) is 30.4 Å². The summed E-state index contributed by atoms with van der Waals surface area (Å²) in [4.78, 5) is 11.4. The van der Waals surface area contributed by atoms with E-state index in [1.807, 2.05) is 18.2 Å². The first-order chi connectivity index (χ1) is 9.74. The molecule has 1 aliphatic rings. The molecule has 0 heterocycles. The summed E-state index contributed by atoms with van der Waals surface area (Å²) in [7, 11) is 3.20. The fourth-order valence-electron chi connectivity index (χ4n) is 2.81. The van der Waals surface area contributed by atoms with Gasteiger partial charge in [-0.3, -0.25) is 4.79 Å². The molecule has 2 unspecified atom stereocenters. The summed E-state index contributed by atoms with van der Waals surface area (Å²) in [5.74, 6) is -0.201. The monoisotopic (exact) mass is 277 g/mol. The number of carbonyl (C=O) groups is 1. The molecule has 1 aliphatic carbocycles. The SMILES string of the molecule is COC(=O)Cc1ccccc1CNC1CCCC1OC. The Hall–Kier alpha value is -1.39. The molecular formula is C16H23NO3. The van der Waals surface area contributed by atoms with E-state index in [0.29, 0.717) is 18.6 Å². The summed E-state index contributed by atoms with van der Waals surface area (Å²) in [5, 5.41) is 3.55. The van der Waals surface area contributed by atoms with E-state index in [4.69, 9.17) is 9.47 Å². The van der Waals surface area contributed by atoms with Gasteiger partial charge in [-0.25, -0.2) is 0 Å². The minimum atomic E-state index is -0.201. The third-order valence-electron chi connectivity index (χ3n) is 3.99. The number of benzene rings is 1. The average molecular weight is 277 g/mol. The molecule has 2 atom stereocenters. The maximum absolute atomic E-state index is 11.4. The van der Waals surface area contributed by atoms with Crippen molar-refractivity contribution in [3.8, 4) is 0 Å². The molecule has 1 fully saturated rings.